The number of amides is 1. The first-order chi connectivity index (χ1) is 18.3. The molecule has 0 bridgehead atoms. The lowest BCUT2D eigenvalue weighted by Gasteiger charge is -2.35. The van der Waals surface area contributed by atoms with E-state index in [1.54, 1.807) is 0 Å². The van der Waals surface area contributed by atoms with Crippen LogP contribution in [0.25, 0.3) is 5.57 Å². The van der Waals surface area contributed by atoms with Crippen molar-refractivity contribution in [3.63, 3.8) is 0 Å². The van der Waals surface area contributed by atoms with Crippen LogP contribution in [0, 0.1) is 5.82 Å². The molecule has 38 heavy (non-hydrogen) atoms. The number of halogens is 2. The van der Waals surface area contributed by atoms with Crippen LogP contribution < -0.4 is 10.2 Å². The van der Waals surface area contributed by atoms with Crippen LogP contribution >= 0.6 is 11.6 Å². The molecule has 3 aromatic rings. The molecule has 0 spiro atoms. The fourth-order valence-corrected chi connectivity index (χ4v) is 6.55. The van der Waals surface area contributed by atoms with Crippen LogP contribution in [-0.4, -0.2) is 49.5 Å². The van der Waals surface area contributed by atoms with E-state index < -0.39 is 21.5 Å². The van der Waals surface area contributed by atoms with Crippen LogP contribution in [0.5, 0.6) is 0 Å². The highest BCUT2D eigenvalue weighted by Gasteiger charge is 2.27. The molecule has 200 valence electrons. The van der Waals surface area contributed by atoms with Crippen molar-refractivity contribution in [1.82, 2.24) is 15.1 Å². The Kier molecular flexibility index (Phi) is 7.85. The second kappa shape index (κ2) is 11.3. The predicted molar refractivity (Wildman–Crippen MR) is 147 cm³/mol. The van der Waals surface area contributed by atoms with E-state index >= 15 is 0 Å². The van der Waals surface area contributed by atoms with Gasteiger partial charge in [-0.2, -0.15) is 5.10 Å². The van der Waals surface area contributed by atoms with Gasteiger partial charge in [0, 0.05) is 30.3 Å². The van der Waals surface area contributed by atoms with Gasteiger partial charge in [0.05, 0.1) is 22.8 Å². The van der Waals surface area contributed by atoms with Gasteiger partial charge >= 0.3 is 0 Å². The topological polar surface area (TPSA) is 84.3 Å². The Morgan fingerprint density at radius 1 is 1.08 bits per heavy atom. The molecule has 0 atom stereocenters. The van der Waals surface area contributed by atoms with Crippen molar-refractivity contribution in [3.8, 4) is 0 Å². The summed E-state index contributed by atoms with van der Waals surface area (Å²) in [5.41, 5.74) is 4.49. The summed E-state index contributed by atoms with van der Waals surface area (Å²) in [5.74, 6) is -1.40. The molecule has 1 fully saturated rings. The number of aromatic nitrogens is 2. The maximum Gasteiger partial charge on any atom is 0.235 e. The molecule has 0 saturated carbocycles. The number of hydrogen-bond acceptors (Lipinski definition) is 5. The molecule has 1 amide bonds. The number of benzene rings is 2. The molecule has 2 aliphatic rings. The number of carbonyl (C=O) groups is 1. The third-order valence-corrected chi connectivity index (χ3v) is 9.10. The SMILES string of the molecule is O=C(CS(=O)(=O)c1ccc(Cl)cc1)NC/C=C1\CCCc2cnn(C3CCN(c4ccc(F)cc4)CC3)c21. The van der Waals surface area contributed by atoms with Gasteiger partial charge in [-0.1, -0.05) is 17.7 Å². The highest BCUT2D eigenvalue weighted by Crippen LogP contribution is 2.35. The van der Waals surface area contributed by atoms with Crippen molar-refractivity contribution in [2.45, 2.75) is 43.0 Å². The van der Waals surface area contributed by atoms with E-state index in [1.165, 1.54) is 42.0 Å². The summed E-state index contributed by atoms with van der Waals surface area (Å²) in [6.07, 6.45) is 8.64. The van der Waals surface area contributed by atoms with Crippen LogP contribution in [-0.2, 0) is 21.1 Å². The zero-order valence-corrected chi connectivity index (χ0v) is 22.5. The van der Waals surface area contributed by atoms with Crippen molar-refractivity contribution in [1.29, 1.82) is 0 Å². The average Bonchev–Trinajstić information content (AvgIpc) is 3.34. The van der Waals surface area contributed by atoms with Gasteiger partial charge in [0.1, 0.15) is 11.6 Å². The number of hydrogen-bond donors (Lipinski definition) is 1. The number of piperidine rings is 1. The lowest BCUT2D eigenvalue weighted by molar-refractivity contribution is -0.118. The quantitative estimate of drug-likeness (QED) is 0.451. The van der Waals surface area contributed by atoms with E-state index in [0.717, 1.165) is 62.1 Å². The standard InChI is InChI=1S/C28H30ClFN4O3S/c29-22-4-10-26(11-5-22)38(36,37)19-27(35)31-15-12-20-2-1-3-21-18-32-34(28(20)21)25-13-16-33(17-14-25)24-8-6-23(30)7-9-24/h4-12,18,25H,1-3,13-17,19H2,(H,31,35)/b20-12+. The second-order valence-corrected chi connectivity index (χ2v) is 12.2. The fraction of sp³-hybridized carbons (Fsp3) is 0.357. The second-order valence-electron chi connectivity index (χ2n) is 9.76. The molecule has 5 rings (SSSR count). The molecule has 0 radical (unpaired) electrons. The molecular formula is C28H30ClFN4O3S. The molecular weight excluding hydrogens is 527 g/mol. The minimum absolute atomic E-state index is 0.0710. The van der Waals surface area contributed by atoms with Crippen LogP contribution in [0.1, 0.15) is 43.0 Å². The van der Waals surface area contributed by atoms with E-state index in [-0.39, 0.29) is 23.3 Å². The highest BCUT2D eigenvalue weighted by atomic mass is 35.5. The molecule has 1 aliphatic carbocycles. The Hall–Kier alpha value is -3.17. The minimum atomic E-state index is -3.75. The number of allylic oxidation sites excluding steroid dienone is 1. The number of rotatable bonds is 7. The van der Waals surface area contributed by atoms with Gasteiger partial charge in [-0.05, 0) is 91.8 Å². The Labute approximate surface area is 227 Å². The molecule has 1 N–H and O–H groups in total. The van der Waals surface area contributed by atoms with Gasteiger partial charge in [0.15, 0.2) is 9.84 Å². The van der Waals surface area contributed by atoms with Crippen LogP contribution in [0.2, 0.25) is 5.02 Å². The zero-order valence-electron chi connectivity index (χ0n) is 20.9. The number of nitrogens with zero attached hydrogens (tertiary/aromatic N) is 3. The molecule has 1 aromatic heterocycles. The van der Waals surface area contributed by atoms with Crippen LogP contribution in [0.15, 0.2) is 65.7 Å². The maximum absolute atomic E-state index is 13.3. The van der Waals surface area contributed by atoms with Crippen LogP contribution in [0.3, 0.4) is 0 Å². The Balaban J connectivity index is 1.22. The monoisotopic (exact) mass is 556 g/mol. The normalized spacial score (nSPS) is 17.4. The summed E-state index contributed by atoms with van der Waals surface area (Å²) < 4.78 is 40.5. The average molecular weight is 557 g/mol. The Bertz CT molecular complexity index is 1430. The molecule has 2 aromatic carbocycles. The maximum atomic E-state index is 13.3. The molecule has 7 nitrogen and oxygen atoms in total. The van der Waals surface area contributed by atoms with E-state index in [0.29, 0.717) is 5.02 Å². The van der Waals surface area contributed by atoms with Gasteiger partial charge in [-0.3, -0.25) is 9.48 Å². The fourth-order valence-electron chi connectivity index (χ4n) is 5.25. The minimum Gasteiger partial charge on any atom is -0.371 e. The summed E-state index contributed by atoms with van der Waals surface area (Å²) in [7, 11) is -3.75. The van der Waals surface area contributed by atoms with Gasteiger partial charge < -0.3 is 10.2 Å². The third kappa shape index (κ3) is 5.94. The van der Waals surface area contributed by atoms with Crippen molar-refractivity contribution < 1.29 is 17.6 Å². The smallest absolute Gasteiger partial charge is 0.235 e. The number of nitrogens with one attached hydrogen (secondary N) is 1. The van der Waals surface area contributed by atoms with E-state index in [2.05, 4.69) is 14.9 Å². The summed E-state index contributed by atoms with van der Waals surface area (Å²) in [6.45, 7) is 1.97. The first-order valence-electron chi connectivity index (χ1n) is 12.8. The first kappa shape index (κ1) is 26.4. The van der Waals surface area contributed by atoms with Crippen molar-refractivity contribution >= 4 is 38.6 Å². The van der Waals surface area contributed by atoms with Crippen molar-refractivity contribution in [2.75, 3.05) is 30.3 Å². The summed E-state index contributed by atoms with van der Waals surface area (Å²) >= 11 is 5.83. The van der Waals surface area contributed by atoms with Gasteiger partial charge in [-0.15, -0.1) is 0 Å². The first-order valence-corrected chi connectivity index (χ1v) is 14.8. The van der Waals surface area contributed by atoms with Gasteiger partial charge in [0.2, 0.25) is 5.91 Å². The lowest BCUT2D eigenvalue weighted by atomic mass is 9.92. The predicted octanol–water partition coefficient (Wildman–Crippen LogP) is 4.83. The molecule has 1 saturated heterocycles. The number of aryl methyl sites for hydroxylation is 1. The van der Waals surface area contributed by atoms with Gasteiger partial charge in [-0.25, -0.2) is 12.8 Å². The molecule has 2 heterocycles. The van der Waals surface area contributed by atoms with E-state index in [9.17, 15) is 17.6 Å². The third-order valence-electron chi connectivity index (χ3n) is 7.21. The number of sulfone groups is 1. The largest absolute Gasteiger partial charge is 0.371 e. The number of fused-ring (bicyclic) bond motifs is 1. The zero-order chi connectivity index (χ0) is 26.7. The highest BCUT2D eigenvalue weighted by molar-refractivity contribution is 7.92. The Morgan fingerprint density at radius 2 is 1.79 bits per heavy atom. The van der Waals surface area contributed by atoms with Crippen molar-refractivity contribution in [2.24, 2.45) is 0 Å². The summed E-state index contributed by atoms with van der Waals surface area (Å²) in [6, 6.07) is 12.7. The van der Waals surface area contributed by atoms with Crippen LogP contribution in [0.4, 0.5) is 10.1 Å². The van der Waals surface area contributed by atoms with Crippen molar-refractivity contribution in [3.05, 3.63) is 82.9 Å². The summed E-state index contributed by atoms with van der Waals surface area (Å²) in [5, 5.41) is 7.91. The van der Waals surface area contributed by atoms with Gasteiger partial charge in [0.25, 0.3) is 0 Å². The molecule has 0 unspecified atom stereocenters. The Morgan fingerprint density at radius 3 is 2.50 bits per heavy atom. The molecule has 1 aliphatic heterocycles. The van der Waals surface area contributed by atoms with E-state index in [4.69, 9.17) is 16.7 Å². The lowest BCUT2D eigenvalue weighted by Crippen LogP contribution is -2.35. The molecule has 10 heteroatoms. The summed E-state index contributed by atoms with van der Waals surface area (Å²) in [4.78, 5) is 14.8. The number of carbonyl (C=O) groups excluding carboxylic acids is 1. The van der Waals surface area contributed by atoms with E-state index in [1.807, 2.05) is 24.4 Å². The number of anilines is 1.